The molecule has 1 aromatic heterocycles. The van der Waals surface area contributed by atoms with E-state index in [1.54, 1.807) is 55.6 Å². The van der Waals surface area contributed by atoms with Gasteiger partial charge in [0.25, 0.3) is 5.56 Å². The van der Waals surface area contributed by atoms with Crippen molar-refractivity contribution in [3.8, 4) is 11.8 Å². The van der Waals surface area contributed by atoms with Gasteiger partial charge < -0.3 is 4.74 Å². The van der Waals surface area contributed by atoms with Crippen LogP contribution in [0.4, 0.5) is 0 Å². The van der Waals surface area contributed by atoms with Crippen LogP contribution in [-0.4, -0.2) is 22.5 Å². The minimum atomic E-state index is -0.205. The molecule has 0 aliphatic carbocycles. The van der Waals surface area contributed by atoms with E-state index < -0.39 is 0 Å². The molecule has 6 heteroatoms. The molecule has 0 spiro atoms. The molecule has 0 amide bonds. The van der Waals surface area contributed by atoms with Crippen molar-refractivity contribution in [2.45, 2.75) is 6.92 Å². The first-order chi connectivity index (χ1) is 11.7. The predicted molar refractivity (Wildman–Crippen MR) is 91.3 cm³/mol. The molecule has 1 heterocycles. The molecule has 0 saturated heterocycles. The van der Waals surface area contributed by atoms with Gasteiger partial charge in [-0.1, -0.05) is 12.1 Å². The van der Waals surface area contributed by atoms with Crippen molar-refractivity contribution in [2.24, 2.45) is 5.10 Å². The maximum absolute atomic E-state index is 12.5. The molecule has 0 aliphatic rings. The van der Waals surface area contributed by atoms with Gasteiger partial charge in [0, 0.05) is 0 Å². The lowest BCUT2D eigenvalue weighted by molar-refractivity contribution is 0.368. The average molecular weight is 318 g/mol. The van der Waals surface area contributed by atoms with Crippen LogP contribution in [0, 0.1) is 18.3 Å². The maximum Gasteiger partial charge on any atom is 0.282 e. The van der Waals surface area contributed by atoms with Crippen LogP contribution in [0.25, 0.3) is 10.9 Å². The molecule has 0 bridgehead atoms. The van der Waals surface area contributed by atoms with Crippen LogP contribution in [0.2, 0.25) is 0 Å². The summed E-state index contributed by atoms with van der Waals surface area (Å²) in [5.41, 5.74) is 1.26. The monoisotopic (exact) mass is 318 g/mol. The summed E-state index contributed by atoms with van der Waals surface area (Å²) in [5, 5.41) is 13.3. The van der Waals surface area contributed by atoms with Gasteiger partial charge in [0.1, 0.15) is 17.6 Å². The summed E-state index contributed by atoms with van der Waals surface area (Å²) in [6, 6.07) is 16.2. The fraction of sp³-hybridized carbons (Fsp3) is 0.111. The lowest BCUT2D eigenvalue weighted by Gasteiger charge is -2.05. The highest BCUT2D eigenvalue weighted by atomic mass is 16.5. The molecule has 0 N–H and O–H groups in total. The number of para-hydroxylation sites is 1. The van der Waals surface area contributed by atoms with Crippen molar-refractivity contribution < 1.29 is 4.74 Å². The number of hydrogen-bond acceptors (Lipinski definition) is 5. The second-order valence-corrected chi connectivity index (χ2v) is 5.05. The molecule has 2 aromatic carbocycles. The van der Waals surface area contributed by atoms with Crippen molar-refractivity contribution >= 4 is 17.1 Å². The van der Waals surface area contributed by atoms with Crippen molar-refractivity contribution in [3.63, 3.8) is 0 Å². The third kappa shape index (κ3) is 3.15. The number of fused-ring (bicyclic) bond motifs is 1. The predicted octanol–water partition coefficient (Wildman–Crippen LogP) is 2.49. The van der Waals surface area contributed by atoms with Gasteiger partial charge in [-0.2, -0.15) is 15.0 Å². The van der Waals surface area contributed by atoms with Crippen LogP contribution < -0.4 is 10.3 Å². The zero-order valence-electron chi connectivity index (χ0n) is 13.0. The summed E-state index contributed by atoms with van der Waals surface area (Å²) < 4.78 is 6.47. The fourth-order valence-corrected chi connectivity index (χ4v) is 2.26. The van der Waals surface area contributed by atoms with Crippen molar-refractivity contribution in [1.82, 2.24) is 9.66 Å². The molecule has 0 unspecified atom stereocenters. The Bertz CT molecular complexity index is 998. The van der Waals surface area contributed by atoms with Gasteiger partial charge in [-0.25, -0.2) is 4.98 Å². The van der Waals surface area contributed by atoms with E-state index in [1.165, 1.54) is 4.68 Å². The Balaban J connectivity index is 1.91. The summed E-state index contributed by atoms with van der Waals surface area (Å²) in [7, 11) is 0. The zero-order chi connectivity index (χ0) is 16.9. The van der Waals surface area contributed by atoms with Crippen molar-refractivity contribution in [1.29, 1.82) is 5.26 Å². The summed E-state index contributed by atoms with van der Waals surface area (Å²) >= 11 is 0. The Morgan fingerprint density at radius 1 is 1.25 bits per heavy atom. The number of benzene rings is 2. The highest BCUT2D eigenvalue weighted by molar-refractivity contribution is 5.80. The maximum atomic E-state index is 12.5. The van der Waals surface area contributed by atoms with Gasteiger partial charge in [0.05, 0.1) is 17.1 Å². The largest absolute Gasteiger partial charge is 0.479 e. The molecule has 0 saturated carbocycles. The smallest absolute Gasteiger partial charge is 0.282 e. The minimum absolute atomic E-state index is 0.00475. The molecule has 0 fully saturated rings. The van der Waals surface area contributed by atoms with E-state index in [0.717, 1.165) is 5.56 Å². The summed E-state index contributed by atoms with van der Waals surface area (Å²) in [4.78, 5) is 16.9. The van der Waals surface area contributed by atoms with Crippen LogP contribution >= 0.6 is 0 Å². The van der Waals surface area contributed by atoms with Gasteiger partial charge >= 0.3 is 0 Å². The molecule has 6 nitrogen and oxygen atoms in total. The lowest BCUT2D eigenvalue weighted by atomic mass is 10.2. The number of aromatic nitrogens is 2. The topological polar surface area (TPSA) is 80.3 Å². The molecule has 3 rings (SSSR count). The third-order valence-electron chi connectivity index (χ3n) is 3.42. The molecule has 118 valence electrons. The summed E-state index contributed by atoms with van der Waals surface area (Å²) in [6.45, 7) is 1.74. The van der Waals surface area contributed by atoms with E-state index in [0.29, 0.717) is 22.5 Å². The number of nitriles is 1. The first kappa shape index (κ1) is 15.4. The van der Waals surface area contributed by atoms with E-state index in [4.69, 9.17) is 10.00 Å². The van der Waals surface area contributed by atoms with E-state index in [1.807, 2.05) is 12.1 Å². The normalized spacial score (nSPS) is 10.8. The molecule has 3 aromatic rings. The van der Waals surface area contributed by atoms with E-state index in [9.17, 15) is 4.79 Å². The molecule has 24 heavy (non-hydrogen) atoms. The number of ether oxygens (including phenoxy) is 1. The lowest BCUT2D eigenvalue weighted by Crippen LogP contribution is -2.20. The Hall–Kier alpha value is -3.46. The second kappa shape index (κ2) is 6.75. The molecule has 0 aliphatic heterocycles. The zero-order valence-corrected chi connectivity index (χ0v) is 13.0. The second-order valence-electron chi connectivity index (χ2n) is 5.05. The SMILES string of the molecule is Cc1nc2ccccc2c(=O)n1/N=C\c1ccc(OCC#N)cc1. The van der Waals surface area contributed by atoms with E-state index >= 15 is 0 Å². The van der Waals surface area contributed by atoms with Crippen LogP contribution in [-0.2, 0) is 0 Å². The van der Waals surface area contributed by atoms with Crippen molar-refractivity contribution in [3.05, 3.63) is 70.3 Å². The number of aryl methyl sites for hydroxylation is 1. The Kier molecular flexibility index (Phi) is 4.34. The van der Waals surface area contributed by atoms with Gasteiger partial charge in [-0.15, -0.1) is 0 Å². The number of hydrogen-bond donors (Lipinski definition) is 0. The molecular weight excluding hydrogens is 304 g/mol. The summed E-state index contributed by atoms with van der Waals surface area (Å²) in [6.07, 6.45) is 1.58. The van der Waals surface area contributed by atoms with E-state index in [2.05, 4.69) is 10.1 Å². The Morgan fingerprint density at radius 3 is 2.75 bits per heavy atom. The first-order valence-electron chi connectivity index (χ1n) is 7.31. The quantitative estimate of drug-likeness (QED) is 0.692. The number of nitrogens with zero attached hydrogens (tertiary/aromatic N) is 4. The molecule has 0 atom stereocenters. The summed E-state index contributed by atoms with van der Waals surface area (Å²) in [5.74, 6) is 1.12. The highest BCUT2D eigenvalue weighted by Crippen LogP contribution is 2.11. The van der Waals surface area contributed by atoms with Crippen LogP contribution in [0.5, 0.6) is 5.75 Å². The van der Waals surface area contributed by atoms with Crippen molar-refractivity contribution in [2.75, 3.05) is 6.61 Å². The highest BCUT2D eigenvalue weighted by Gasteiger charge is 2.06. The van der Waals surface area contributed by atoms with Gasteiger partial charge in [-0.3, -0.25) is 4.79 Å². The molecular formula is C18H14N4O2. The average Bonchev–Trinajstić information content (AvgIpc) is 2.61. The van der Waals surface area contributed by atoms with E-state index in [-0.39, 0.29) is 12.2 Å². The van der Waals surface area contributed by atoms with Gasteiger partial charge in [-0.05, 0) is 48.9 Å². The minimum Gasteiger partial charge on any atom is -0.479 e. The van der Waals surface area contributed by atoms with Crippen LogP contribution in [0.1, 0.15) is 11.4 Å². The standard InChI is InChI=1S/C18H14N4O2/c1-13-21-17-5-3-2-4-16(17)18(23)22(13)20-12-14-6-8-15(9-7-14)24-11-10-19/h2-9,12H,11H2,1H3/b20-12-. The van der Waals surface area contributed by atoms with Gasteiger partial charge in [0.15, 0.2) is 6.61 Å². The Morgan fingerprint density at radius 2 is 2.00 bits per heavy atom. The first-order valence-corrected chi connectivity index (χ1v) is 7.31. The van der Waals surface area contributed by atoms with Gasteiger partial charge in [0.2, 0.25) is 0 Å². The van der Waals surface area contributed by atoms with Crippen LogP contribution in [0.15, 0.2) is 58.4 Å². The number of rotatable bonds is 4. The fourth-order valence-electron chi connectivity index (χ4n) is 2.26. The Labute approximate surface area is 138 Å². The third-order valence-corrected chi connectivity index (χ3v) is 3.42. The molecule has 0 radical (unpaired) electrons. The van der Waals surface area contributed by atoms with Crippen LogP contribution in [0.3, 0.4) is 0 Å².